The summed E-state index contributed by atoms with van der Waals surface area (Å²) in [4.78, 5) is 24.3. The van der Waals surface area contributed by atoms with Crippen molar-refractivity contribution in [2.45, 2.75) is 32.9 Å². The Kier molecular flexibility index (Phi) is 7.67. The summed E-state index contributed by atoms with van der Waals surface area (Å²) in [5.74, 6) is 0.531. The van der Waals surface area contributed by atoms with E-state index in [0.717, 1.165) is 17.7 Å². The fourth-order valence-corrected chi connectivity index (χ4v) is 2.27. The Labute approximate surface area is 159 Å². The maximum atomic E-state index is 12.2. The molecule has 0 aromatic heterocycles. The van der Waals surface area contributed by atoms with Gasteiger partial charge in [0, 0.05) is 6.54 Å². The van der Waals surface area contributed by atoms with Crippen molar-refractivity contribution in [3.05, 3.63) is 59.7 Å². The van der Waals surface area contributed by atoms with E-state index in [1.165, 1.54) is 0 Å². The van der Waals surface area contributed by atoms with Crippen LogP contribution in [-0.4, -0.2) is 31.7 Å². The van der Waals surface area contributed by atoms with Gasteiger partial charge in [-0.05, 0) is 55.3 Å². The predicted octanol–water partition coefficient (Wildman–Crippen LogP) is 3.35. The monoisotopic (exact) mass is 371 g/mol. The maximum Gasteiger partial charge on any atom is 0.338 e. The zero-order chi connectivity index (χ0) is 19.6. The van der Waals surface area contributed by atoms with Crippen molar-refractivity contribution in [1.29, 1.82) is 0 Å². The van der Waals surface area contributed by atoms with E-state index in [-0.39, 0.29) is 5.91 Å². The zero-order valence-corrected chi connectivity index (χ0v) is 15.9. The maximum absolute atomic E-state index is 12.2. The third kappa shape index (κ3) is 6.33. The molecule has 0 saturated carbocycles. The number of rotatable bonds is 9. The summed E-state index contributed by atoms with van der Waals surface area (Å²) >= 11 is 0. The highest BCUT2D eigenvalue weighted by Gasteiger charge is 2.18. The number of carbonyl (C=O) groups excluding carboxylic acids is 2. The number of ether oxygens (including phenoxy) is 3. The lowest BCUT2D eigenvalue weighted by Crippen LogP contribution is -2.35. The van der Waals surface area contributed by atoms with Crippen molar-refractivity contribution < 1.29 is 23.8 Å². The highest BCUT2D eigenvalue weighted by molar-refractivity contribution is 5.92. The second-order valence-corrected chi connectivity index (χ2v) is 5.99. The van der Waals surface area contributed by atoms with Gasteiger partial charge in [-0.25, -0.2) is 4.79 Å². The second kappa shape index (κ2) is 10.2. The van der Waals surface area contributed by atoms with E-state index in [9.17, 15) is 9.59 Å². The van der Waals surface area contributed by atoms with Crippen molar-refractivity contribution in [2.75, 3.05) is 13.7 Å². The number of benzene rings is 2. The van der Waals surface area contributed by atoms with Gasteiger partial charge in [0.25, 0.3) is 5.91 Å². The number of methoxy groups -OCH3 is 1. The van der Waals surface area contributed by atoms with Gasteiger partial charge in [-0.1, -0.05) is 19.1 Å². The molecule has 0 aliphatic carbocycles. The second-order valence-electron chi connectivity index (χ2n) is 5.99. The van der Waals surface area contributed by atoms with Crippen LogP contribution in [-0.2, 0) is 16.1 Å². The Morgan fingerprint density at radius 2 is 1.63 bits per heavy atom. The quantitative estimate of drug-likeness (QED) is 0.685. The summed E-state index contributed by atoms with van der Waals surface area (Å²) in [5.41, 5.74) is 1.29. The molecule has 0 radical (unpaired) electrons. The van der Waals surface area contributed by atoms with E-state index in [4.69, 9.17) is 14.2 Å². The number of esters is 1. The number of nitrogens with one attached hydrogen (secondary N) is 1. The molecule has 2 aromatic rings. The van der Waals surface area contributed by atoms with Crippen LogP contribution in [0.25, 0.3) is 0 Å². The highest BCUT2D eigenvalue weighted by atomic mass is 16.5. The third-order valence-electron chi connectivity index (χ3n) is 3.84. The number of carbonyl (C=O) groups is 2. The van der Waals surface area contributed by atoms with Crippen LogP contribution < -0.4 is 14.8 Å². The molecule has 0 aliphatic rings. The molecule has 2 aromatic carbocycles. The summed E-state index contributed by atoms with van der Waals surface area (Å²) in [6.45, 7) is 4.52. The average molecular weight is 371 g/mol. The summed E-state index contributed by atoms with van der Waals surface area (Å²) in [7, 11) is 1.60. The molecular formula is C21H25NO5. The first-order valence-electron chi connectivity index (χ1n) is 8.88. The van der Waals surface area contributed by atoms with Gasteiger partial charge in [-0.3, -0.25) is 4.79 Å². The first kappa shape index (κ1) is 20.3. The summed E-state index contributed by atoms with van der Waals surface area (Å²) < 4.78 is 15.8. The summed E-state index contributed by atoms with van der Waals surface area (Å²) in [5, 5.41) is 2.75. The molecule has 1 amide bonds. The summed E-state index contributed by atoms with van der Waals surface area (Å²) in [6.07, 6.45) is 0.0132. The van der Waals surface area contributed by atoms with Gasteiger partial charge in [0.2, 0.25) is 0 Å². The standard InChI is InChI=1S/C21H25NO5/c1-4-13-26-19-11-7-17(8-12-19)21(24)27-15(2)20(23)22-14-16-5-9-18(25-3)10-6-16/h5-12,15H,4,13-14H2,1-3H3,(H,22,23)/t15-/m0/s1. The largest absolute Gasteiger partial charge is 0.497 e. The molecule has 0 heterocycles. The minimum absolute atomic E-state index is 0.341. The van der Waals surface area contributed by atoms with Gasteiger partial charge >= 0.3 is 5.97 Å². The van der Waals surface area contributed by atoms with Crippen molar-refractivity contribution >= 4 is 11.9 Å². The van der Waals surface area contributed by atoms with Gasteiger partial charge in [0.1, 0.15) is 11.5 Å². The van der Waals surface area contributed by atoms with E-state index in [0.29, 0.717) is 24.5 Å². The van der Waals surface area contributed by atoms with Gasteiger partial charge in [-0.2, -0.15) is 0 Å². The molecule has 1 atom stereocenters. The third-order valence-corrected chi connectivity index (χ3v) is 3.84. The van der Waals surface area contributed by atoms with Crippen LogP contribution in [0, 0.1) is 0 Å². The Balaban J connectivity index is 1.82. The molecule has 2 rings (SSSR count). The number of hydrogen-bond donors (Lipinski definition) is 1. The zero-order valence-electron chi connectivity index (χ0n) is 15.9. The minimum Gasteiger partial charge on any atom is -0.497 e. The summed E-state index contributed by atoms with van der Waals surface area (Å²) in [6, 6.07) is 14.0. The van der Waals surface area contributed by atoms with E-state index in [1.807, 2.05) is 31.2 Å². The molecule has 0 bridgehead atoms. The molecular weight excluding hydrogens is 346 g/mol. The molecule has 0 spiro atoms. The van der Waals surface area contributed by atoms with Gasteiger partial charge < -0.3 is 19.5 Å². The Morgan fingerprint density at radius 3 is 2.22 bits per heavy atom. The lowest BCUT2D eigenvalue weighted by molar-refractivity contribution is -0.129. The van der Waals surface area contributed by atoms with Crippen LogP contribution in [0.15, 0.2) is 48.5 Å². The van der Waals surface area contributed by atoms with E-state index >= 15 is 0 Å². The van der Waals surface area contributed by atoms with E-state index in [2.05, 4.69) is 5.32 Å². The van der Waals surface area contributed by atoms with Crippen LogP contribution in [0.2, 0.25) is 0 Å². The van der Waals surface area contributed by atoms with Crippen LogP contribution >= 0.6 is 0 Å². The normalized spacial score (nSPS) is 11.4. The number of hydrogen-bond acceptors (Lipinski definition) is 5. The Hall–Kier alpha value is -3.02. The van der Waals surface area contributed by atoms with Crippen molar-refractivity contribution in [1.82, 2.24) is 5.32 Å². The van der Waals surface area contributed by atoms with Crippen molar-refractivity contribution in [3.8, 4) is 11.5 Å². The van der Waals surface area contributed by atoms with Gasteiger partial charge in [-0.15, -0.1) is 0 Å². The van der Waals surface area contributed by atoms with Gasteiger partial charge in [0.15, 0.2) is 6.10 Å². The van der Waals surface area contributed by atoms with Crippen molar-refractivity contribution in [3.63, 3.8) is 0 Å². The molecule has 0 saturated heterocycles. The molecule has 6 heteroatoms. The van der Waals surface area contributed by atoms with Crippen LogP contribution in [0.5, 0.6) is 11.5 Å². The molecule has 27 heavy (non-hydrogen) atoms. The van der Waals surface area contributed by atoms with Gasteiger partial charge in [0.05, 0.1) is 19.3 Å². The molecule has 6 nitrogen and oxygen atoms in total. The van der Waals surface area contributed by atoms with Crippen LogP contribution in [0.4, 0.5) is 0 Å². The fraction of sp³-hybridized carbons (Fsp3) is 0.333. The molecule has 0 fully saturated rings. The van der Waals surface area contributed by atoms with E-state index in [1.54, 1.807) is 38.3 Å². The lowest BCUT2D eigenvalue weighted by Gasteiger charge is -2.14. The predicted molar refractivity (Wildman–Crippen MR) is 102 cm³/mol. The van der Waals surface area contributed by atoms with Crippen LogP contribution in [0.1, 0.15) is 36.2 Å². The molecule has 0 unspecified atom stereocenters. The fourth-order valence-electron chi connectivity index (χ4n) is 2.27. The van der Waals surface area contributed by atoms with Crippen LogP contribution in [0.3, 0.4) is 0 Å². The first-order valence-corrected chi connectivity index (χ1v) is 8.88. The lowest BCUT2D eigenvalue weighted by atomic mass is 10.2. The Morgan fingerprint density at radius 1 is 1.00 bits per heavy atom. The topological polar surface area (TPSA) is 73.9 Å². The molecule has 144 valence electrons. The average Bonchev–Trinajstić information content (AvgIpc) is 2.71. The number of amides is 1. The molecule has 0 aliphatic heterocycles. The van der Waals surface area contributed by atoms with Crippen molar-refractivity contribution in [2.24, 2.45) is 0 Å². The SMILES string of the molecule is CCCOc1ccc(C(=O)O[C@@H](C)C(=O)NCc2ccc(OC)cc2)cc1. The first-order chi connectivity index (χ1) is 13.0. The van der Waals surface area contributed by atoms with E-state index < -0.39 is 12.1 Å². The molecule has 1 N–H and O–H groups in total. The smallest absolute Gasteiger partial charge is 0.338 e. The Bertz CT molecular complexity index is 740. The highest BCUT2D eigenvalue weighted by Crippen LogP contribution is 2.14. The minimum atomic E-state index is -0.897.